The molecule has 0 aliphatic heterocycles. The zero-order valence-corrected chi connectivity index (χ0v) is 23.2. The van der Waals surface area contributed by atoms with E-state index in [9.17, 15) is 4.39 Å². The highest BCUT2D eigenvalue weighted by atomic mass is 19.1. The maximum absolute atomic E-state index is 15.2. The van der Waals surface area contributed by atoms with Crippen molar-refractivity contribution in [3.63, 3.8) is 0 Å². The Labute approximate surface area is 249 Å². The van der Waals surface area contributed by atoms with Crippen LogP contribution in [0, 0.1) is 11.6 Å². The fraction of sp³-hybridized carbons (Fsp3) is 0. The molecule has 0 radical (unpaired) electrons. The van der Waals surface area contributed by atoms with Crippen LogP contribution < -0.4 is 4.90 Å². The van der Waals surface area contributed by atoms with Crippen molar-refractivity contribution in [2.45, 2.75) is 0 Å². The molecule has 7 aromatic rings. The lowest BCUT2D eigenvalue weighted by molar-refractivity contribution is 0.603. The molecule has 4 heteroatoms. The number of pyridine rings is 1. The summed E-state index contributed by atoms with van der Waals surface area (Å²) in [5, 5.41) is 0.932. The van der Waals surface area contributed by atoms with E-state index in [1.807, 2.05) is 103 Å². The molecule has 0 atom stereocenters. The monoisotopic (exact) mass is 560 g/mol. The number of fused-ring (bicyclic) bond motifs is 1. The largest absolute Gasteiger partial charge is 0.309 e. The molecule has 1 aromatic heterocycles. The van der Waals surface area contributed by atoms with Crippen LogP contribution in [0.25, 0.3) is 44.3 Å². The first-order chi connectivity index (χ1) is 21.2. The molecule has 7 rings (SSSR count). The summed E-state index contributed by atoms with van der Waals surface area (Å²) < 4.78 is 29.7. The molecule has 1 heterocycles. The summed E-state index contributed by atoms with van der Waals surface area (Å²) in [4.78, 5) is 7.00. The van der Waals surface area contributed by atoms with Gasteiger partial charge in [-0.3, -0.25) is 4.98 Å². The normalized spacial score (nSPS) is 11.0. The van der Waals surface area contributed by atoms with Gasteiger partial charge in [0, 0.05) is 34.0 Å². The standard InChI is InChI=1S/C39H26F2N2/c40-30-20-21-36(41)34(26-30)32-18-10-11-19-37(32)43(31-16-8-3-9-17-31)38-22-23-42-39-33(28-14-6-2-7-15-28)24-29(25-35(38)39)27-12-4-1-5-13-27/h1-26H. The van der Waals surface area contributed by atoms with Crippen LogP contribution in [0.15, 0.2) is 158 Å². The van der Waals surface area contributed by atoms with Crippen molar-refractivity contribution < 1.29 is 8.78 Å². The van der Waals surface area contributed by atoms with Crippen molar-refractivity contribution in [1.29, 1.82) is 0 Å². The van der Waals surface area contributed by atoms with Crippen LogP contribution in [0.2, 0.25) is 0 Å². The van der Waals surface area contributed by atoms with Gasteiger partial charge in [0.15, 0.2) is 0 Å². The predicted octanol–water partition coefficient (Wildman–Crippen LogP) is 11.0. The SMILES string of the molecule is Fc1ccc(F)c(-c2ccccc2N(c2ccccc2)c2ccnc3c(-c4ccccc4)cc(-c4ccccc4)cc23)c1. The Morgan fingerprint density at radius 2 is 1.12 bits per heavy atom. The minimum Gasteiger partial charge on any atom is -0.309 e. The Morgan fingerprint density at radius 3 is 1.86 bits per heavy atom. The van der Waals surface area contributed by atoms with Crippen molar-refractivity contribution in [3.05, 3.63) is 169 Å². The number of para-hydroxylation sites is 2. The van der Waals surface area contributed by atoms with E-state index in [2.05, 4.69) is 41.3 Å². The highest BCUT2D eigenvalue weighted by Gasteiger charge is 2.22. The van der Waals surface area contributed by atoms with Gasteiger partial charge in [-0.2, -0.15) is 0 Å². The van der Waals surface area contributed by atoms with Gasteiger partial charge in [0.2, 0.25) is 0 Å². The number of hydrogen-bond donors (Lipinski definition) is 0. The van der Waals surface area contributed by atoms with E-state index >= 15 is 4.39 Å². The quantitative estimate of drug-likeness (QED) is 0.201. The third-order valence-electron chi connectivity index (χ3n) is 7.63. The van der Waals surface area contributed by atoms with Crippen LogP contribution in [-0.4, -0.2) is 4.98 Å². The first kappa shape index (κ1) is 26.3. The van der Waals surface area contributed by atoms with Crippen LogP contribution in [0.1, 0.15) is 0 Å². The van der Waals surface area contributed by atoms with Crippen molar-refractivity contribution in [3.8, 4) is 33.4 Å². The third-order valence-corrected chi connectivity index (χ3v) is 7.63. The van der Waals surface area contributed by atoms with Crippen LogP contribution in [0.3, 0.4) is 0 Å². The maximum atomic E-state index is 15.2. The molecule has 0 spiro atoms. The van der Waals surface area contributed by atoms with Gasteiger partial charge in [-0.05, 0) is 71.3 Å². The van der Waals surface area contributed by atoms with Gasteiger partial charge in [0.05, 0.1) is 16.9 Å². The third kappa shape index (κ3) is 5.04. The molecule has 0 bridgehead atoms. The maximum Gasteiger partial charge on any atom is 0.131 e. The average Bonchev–Trinajstić information content (AvgIpc) is 3.07. The minimum absolute atomic E-state index is 0.199. The minimum atomic E-state index is -0.494. The molecule has 0 unspecified atom stereocenters. The molecule has 0 aliphatic rings. The van der Waals surface area contributed by atoms with Gasteiger partial charge in [0.1, 0.15) is 11.6 Å². The van der Waals surface area contributed by atoms with Crippen LogP contribution >= 0.6 is 0 Å². The molecule has 0 saturated carbocycles. The molecule has 0 amide bonds. The fourth-order valence-corrected chi connectivity index (χ4v) is 5.66. The number of nitrogens with zero attached hydrogens (tertiary/aromatic N) is 2. The summed E-state index contributed by atoms with van der Waals surface area (Å²) in [6.45, 7) is 0. The molecule has 43 heavy (non-hydrogen) atoms. The first-order valence-corrected chi connectivity index (χ1v) is 14.1. The van der Waals surface area contributed by atoms with Crippen LogP contribution in [0.5, 0.6) is 0 Å². The zero-order valence-electron chi connectivity index (χ0n) is 23.2. The van der Waals surface area contributed by atoms with Crippen LogP contribution in [0.4, 0.5) is 25.8 Å². The van der Waals surface area contributed by atoms with Crippen molar-refractivity contribution in [2.75, 3.05) is 4.90 Å². The molecular formula is C39H26F2N2. The summed E-state index contributed by atoms with van der Waals surface area (Å²) in [6.07, 6.45) is 1.81. The molecule has 0 saturated heterocycles. The van der Waals surface area contributed by atoms with Crippen molar-refractivity contribution >= 4 is 28.0 Å². The van der Waals surface area contributed by atoms with Gasteiger partial charge in [0.25, 0.3) is 0 Å². The molecule has 206 valence electrons. The average molecular weight is 561 g/mol. The van der Waals surface area contributed by atoms with E-state index in [1.54, 1.807) is 0 Å². The number of anilines is 3. The number of hydrogen-bond acceptors (Lipinski definition) is 2. The van der Waals surface area contributed by atoms with E-state index in [1.165, 1.54) is 12.1 Å². The topological polar surface area (TPSA) is 16.1 Å². The molecule has 6 aromatic carbocycles. The number of halogens is 2. The number of aromatic nitrogens is 1. The lowest BCUT2D eigenvalue weighted by atomic mass is 9.94. The summed E-state index contributed by atoms with van der Waals surface area (Å²) in [5.74, 6) is -0.981. The Hall–Kier alpha value is -5.61. The molecule has 0 fully saturated rings. The highest BCUT2D eigenvalue weighted by Crippen LogP contribution is 2.45. The summed E-state index contributed by atoms with van der Waals surface area (Å²) in [7, 11) is 0. The lowest BCUT2D eigenvalue weighted by Crippen LogP contribution is -2.12. The van der Waals surface area contributed by atoms with Gasteiger partial charge in [-0.15, -0.1) is 0 Å². The van der Waals surface area contributed by atoms with Gasteiger partial charge >= 0.3 is 0 Å². The fourth-order valence-electron chi connectivity index (χ4n) is 5.66. The summed E-state index contributed by atoms with van der Waals surface area (Å²) in [5.41, 5.74) is 8.31. The van der Waals surface area contributed by atoms with Gasteiger partial charge in [-0.25, -0.2) is 8.78 Å². The number of benzene rings is 6. The zero-order chi connectivity index (χ0) is 29.2. The molecule has 0 aliphatic carbocycles. The number of rotatable bonds is 6. The Kier molecular flexibility index (Phi) is 6.94. The highest BCUT2D eigenvalue weighted by molar-refractivity contribution is 6.06. The Balaban J connectivity index is 1.55. The van der Waals surface area contributed by atoms with E-state index < -0.39 is 11.6 Å². The smallest absolute Gasteiger partial charge is 0.131 e. The summed E-state index contributed by atoms with van der Waals surface area (Å²) in [6, 6.07) is 47.9. The second kappa shape index (κ2) is 11.3. The van der Waals surface area contributed by atoms with E-state index in [0.717, 1.165) is 56.3 Å². The van der Waals surface area contributed by atoms with E-state index in [-0.39, 0.29) is 5.56 Å². The molecular weight excluding hydrogens is 534 g/mol. The van der Waals surface area contributed by atoms with Gasteiger partial charge in [-0.1, -0.05) is 97.1 Å². The summed E-state index contributed by atoms with van der Waals surface area (Å²) >= 11 is 0. The first-order valence-electron chi connectivity index (χ1n) is 14.1. The van der Waals surface area contributed by atoms with Gasteiger partial charge < -0.3 is 4.90 Å². The Morgan fingerprint density at radius 1 is 0.465 bits per heavy atom. The second-order valence-electron chi connectivity index (χ2n) is 10.3. The van der Waals surface area contributed by atoms with Crippen LogP contribution in [-0.2, 0) is 0 Å². The Bertz CT molecular complexity index is 2040. The lowest BCUT2D eigenvalue weighted by Gasteiger charge is -2.29. The van der Waals surface area contributed by atoms with E-state index in [4.69, 9.17) is 4.98 Å². The van der Waals surface area contributed by atoms with Crippen molar-refractivity contribution in [2.24, 2.45) is 0 Å². The predicted molar refractivity (Wildman–Crippen MR) is 173 cm³/mol. The van der Waals surface area contributed by atoms with E-state index in [0.29, 0.717) is 5.56 Å². The molecule has 2 nitrogen and oxygen atoms in total. The molecule has 0 N–H and O–H groups in total. The van der Waals surface area contributed by atoms with Crippen molar-refractivity contribution in [1.82, 2.24) is 4.98 Å². The second-order valence-corrected chi connectivity index (χ2v) is 10.3.